The molecular formula is C12H10Cl2N2O. The van der Waals surface area contributed by atoms with Crippen LogP contribution in [0.4, 0.5) is 0 Å². The summed E-state index contributed by atoms with van der Waals surface area (Å²) in [5.74, 6) is 0. The van der Waals surface area contributed by atoms with E-state index < -0.39 is 0 Å². The van der Waals surface area contributed by atoms with Crippen LogP contribution < -0.4 is 0 Å². The molecule has 1 aromatic carbocycles. The number of aryl methyl sites for hydroxylation is 1. The molecule has 3 nitrogen and oxygen atoms in total. The van der Waals surface area contributed by atoms with E-state index in [9.17, 15) is 4.79 Å². The van der Waals surface area contributed by atoms with Crippen molar-refractivity contribution >= 4 is 29.5 Å². The maximum atomic E-state index is 10.6. The van der Waals surface area contributed by atoms with Gasteiger partial charge in [-0.25, -0.2) is 4.68 Å². The monoisotopic (exact) mass is 268 g/mol. The Kier molecular flexibility index (Phi) is 3.22. The summed E-state index contributed by atoms with van der Waals surface area (Å²) in [4.78, 5) is 10.6. The molecule has 0 fully saturated rings. The molecule has 0 saturated carbocycles. The van der Waals surface area contributed by atoms with E-state index in [1.807, 2.05) is 13.8 Å². The van der Waals surface area contributed by atoms with E-state index in [0.717, 1.165) is 17.7 Å². The number of hydrogen-bond acceptors (Lipinski definition) is 2. The van der Waals surface area contributed by atoms with Crippen molar-refractivity contribution in [2.24, 2.45) is 0 Å². The zero-order valence-electron chi connectivity index (χ0n) is 9.37. The summed E-state index contributed by atoms with van der Waals surface area (Å²) in [6, 6.07) is 5.05. The normalized spacial score (nSPS) is 10.6. The van der Waals surface area contributed by atoms with E-state index in [2.05, 4.69) is 5.10 Å². The predicted octanol–water partition coefficient (Wildman–Crippen LogP) is 3.61. The zero-order valence-corrected chi connectivity index (χ0v) is 10.9. The van der Waals surface area contributed by atoms with Crippen molar-refractivity contribution < 1.29 is 4.79 Å². The number of aromatic nitrogens is 2. The van der Waals surface area contributed by atoms with E-state index >= 15 is 0 Å². The summed E-state index contributed by atoms with van der Waals surface area (Å²) in [6.07, 6.45) is 0.754. The summed E-state index contributed by atoms with van der Waals surface area (Å²) in [7, 11) is 0. The molecule has 17 heavy (non-hydrogen) atoms. The Hall–Kier alpha value is -1.32. The van der Waals surface area contributed by atoms with Crippen molar-refractivity contribution in [1.82, 2.24) is 9.78 Å². The Morgan fingerprint density at radius 3 is 2.47 bits per heavy atom. The molecule has 0 bridgehead atoms. The van der Waals surface area contributed by atoms with Crippen molar-refractivity contribution in [1.29, 1.82) is 0 Å². The first kappa shape index (κ1) is 12.1. The van der Waals surface area contributed by atoms with Gasteiger partial charge in [-0.05, 0) is 32.0 Å². The SMILES string of the molecule is Cc1nn(-c2ccc(C=O)cc2Cl)c(C)c1Cl. The average Bonchev–Trinajstić information content (AvgIpc) is 2.57. The largest absolute Gasteiger partial charge is 0.298 e. The number of nitrogens with zero attached hydrogens (tertiary/aromatic N) is 2. The van der Waals surface area contributed by atoms with Crippen molar-refractivity contribution in [2.45, 2.75) is 13.8 Å². The highest BCUT2D eigenvalue weighted by Gasteiger charge is 2.13. The van der Waals surface area contributed by atoms with E-state index in [0.29, 0.717) is 21.3 Å². The summed E-state index contributed by atoms with van der Waals surface area (Å²) in [5.41, 5.74) is 2.82. The van der Waals surface area contributed by atoms with Crippen LogP contribution in [0.25, 0.3) is 5.69 Å². The van der Waals surface area contributed by atoms with Crippen LogP contribution in [0.15, 0.2) is 18.2 Å². The van der Waals surface area contributed by atoms with E-state index in [1.54, 1.807) is 22.9 Å². The highest BCUT2D eigenvalue weighted by Crippen LogP contribution is 2.27. The van der Waals surface area contributed by atoms with Crippen LogP contribution >= 0.6 is 23.2 Å². The van der Waals surface area contributed by atoms with Gasteiger partial charge in [-0.3, -0.25) is 4.79 Å². The zero-order chi connectivity index (χ0) is 12.6. The first-order chi connectivity index (χ1) is 8.04. The molecule has 0 aliphatic rings. The molecule has 0 saturated heterocycles. The second-order valence-corrected chi connectivity index (χ2v) is 4.51. The molecule has 0 N–H and O–H groups in total. The molecule has 2 aromatic rings. The number of benzene rings is 1. The fraction of sp³-hybridized carbons (Fsp3) is 0.167. The topological polar surface area (TPSA) is 34.9 Å². The highest BCUT2D eigenvalue weighted by molar-refractivity contribution is 6.33. The Balaban J connectivity index is 2.60. The molecule has 0 spiro atoms. The number of rotatable bonds is 2. The van der Waals surface area contributed by atoms with Gasteiger partial charge in [0, 0.05) is 5.56 Å². The van der Waals surface area contributed by atoms with E-state index in [4.69, 9.17) is 23.2 Å². The third-order valence-corrected chi connectivity index (χ3v) is 3.39. The van der Waals surface area contributed by atoms with Gasteiger partial charge < -0.3 is 0 Å². The minimum atomic E-state index is 0.469. The predicted molar refractivity (Wildman–Crippen MR) is 68.4 cm³/mol. The van der Waals surface area contributed by atoms with Crippen LogP contribution in [0.5, 0.6) is 0 Å². The average molecular weight is 269 g/mol. The Labute approximate surface area is 109 Å². The number of halogens is 2. The maximum absolute atomic E-state index is 10.6. The van der Waals surface area contributed by atoms with E-state index in [-0.39, 0.29) is 0 Å². The van der Waals surface area contributed by atoms with Gasteiger partial charge in [0.15, 0.2) is 0 Å². The van der Waals surface area contributed by atoms with Crippen LogP contribution in [0.3, 0.4) is 0 Å². The molecular weight excluding hydrogens is 259 g/mol. The van der Waals surface area contributed by atoms with Gasteiger partial charge in [0.25, 0.3) is 0 Å². The van der Waals surface area contributed by atoms with Crippen molar-refractivity contribution in [3.05, 3.63) is 45.2 Å². The number of carbonyl (C=O) groups excluding carboxylic acids is 1. The third kappa shape index (κ3) is 2.08. The number of aldehydes is 1. The number of hydrogen-bond donors (Lipinski definition) is 0. The summed E-state index contributed by atoms with van der Waals surface area (Å²) >= 11 is 12.2. The molecule has 1 aromatic heterocycles. The first-order valence-corrected chi connectivity index (χ1v) is 5.77. The van der Waals surface area contributed by atoms with E-state index in [1.165, 1.54) is 0 Å². The van der Waals surface area contributed by atoms with Crippen LogP contribution in [0, 0.1) is 13.8 Å². The molecule has 2 rings (SSSR count). The molecule has 0 radical (unpaired) electrons. The summed E-state index contributed by atoms with van der Waals surface area (Å²) in [6.45, 7) is 3.70. The van der Waals surface area contributed by atoms with Crippen LogP contribution in [0.1, 0.15) is 21.7 Å². The highest BCUT2D eigenvalue weighted by atomic mass is 35.5. The van der Waals surface area contributed by atoms with Crippen LogP contribution in [0.2, 0.25) is 10.0 Å². The van der Waals surface area contributed by atoms with Gasteiger partial charge in [0.1, 0.15) is 6.29 Å². The molecule has 1 heterocycles. The van der Waals surface area contributed by atoms with Gasteiger partial charge in [0.05, 0.1) is 27.1 Å². The lowest BCUT2D eigenvalue weighted by atomic mass is 10.2. The first-order valence-electron chi connectivity index (χ1n) is 5.01. The maximum Gasteiger partial charge on any atom is 0.150 e. The van der Waals surface area contributed by atoms with Gasteiger partial charge in [-0.15, -0.1) is 0 Å². The van der Waals surface area contributed by atoms with Gasteiger partial charge in [0.2, 0.25) is 0 Å². The molecule has 0 atom stereocenters. The molecule has 0 amide bonds. The standard InChI is InChI=1S/C12H10Cl2N2O/c1-7-12(14)8(2)16(15-7)11-4-3-9(6-17)5-10(11)13/h3-6H,1-2H3. The van der Waals surface area contributed by atoms with Crippen LogP contribution in [-0.2, 0) is 0 Å². The Morgan fingerprint density at radius 1 is 1.29 bits per heavy atom. The van der Waals surface area contributed by atoms with Crippen LogP contribution in [-0.4, -0.2) is 16.1 Å². The number of carbonyl (C=O) groups is 1. The fourth-order valence-corrected chi connectivity index (χ4v) is 2.01. The van der Waals surface area contributed by atoms with Crippen molar-refractivity contribution in [3.63, 3.8) is 0 Å². The molecule has 0 aliphatic carbocycles. The Morgan fingerprint density at radius 2 is 2.00 bits per heavy atom. The smallest absolute Gasteiger partial charge is 0.150 e. The summed E-state index contributed by atoms with van der Waals surface area (Å²) < 4.78 is 1.68. The molecule has 88 valence electrons. The van der Waals surface area contributed by atoms with Gasteiger partial charge in [-0.1, -0.05) is 23.2 Å². The Bertz CT molecular complexity index is 590. The molecule has 5 heteroatoms. The van der Waals surface area contributed by atoms with Crippen molar-refractivity contribution in [3.8, 4) is 5.69 Å². The summed E-state index contributed by atoms with van der Waals surface area (Å²) in [5, 5.41) is 5.40. The fourth-order valence-electron chi connectivity index (χ4n) is 1.63. The molecule has 0 aliphatic heterocycles. The minimum Gasteiger partial charge on any atom is -0.298 e. The molecule has 0 unspecified atom stereocenters. The minimum absolute atomic E-state index is 0.469. The third-order valence-electron chi connectivity index (χ3n) is 2.54. The quantitative estimate of drug-likeness (QED) is 0.780. The second-order valence-electron chi connectivity index (χ2n) is 3.73. The second kappa shape index (κ2) is 4.51. The van der Waals surface area contributed by atoms with Gasteiger partial charge in [-0.2, -0.15) is 5.10 Å². The lowest BCUT2D eigenvalue weighted by Crippen LogP contribution is -2.00. The lowest BCUT2D eigenvalue weighted by Gasteiger charge is -2.07. The van der Waals surface area contributed by atoms with Gasteiger partial charge >= 0.3 is 0 Å². The lowest BCUT2D eigenvalue weighted by molar-refractivity contribution is 0.112. The van der Waals surface area contributed by atoms with Crippen molar-refractivity contribution in [2.75, 3.05) is 0 Å².